The Morgan fingerprint density at radius 1 is 0.949 bits per heavy atom. The van der Waals surface area contributed by atoms with E-state index in [1.165, 1.54) is 5.56 Å². The van der Waals surface area contributed by atoms with E-state index in [2.05, 4.69) is 35.9 Å². The van der Waals surface area contributed by atoms with Crippen LogP contribution in [0.1, 0.15) is 47.8 Å². The Morgan fingerprint density at radius 3 is 2.38 bits per heavy atom. The first kappa shape index (κ1) is 26.3. The minimum atomic E-state index is -0.416. The number of H-pyrrole nitrogens is 1. The number of carbonyl (C=O) groups excluding carboxylic acids is 1. The van der Waals surface area contributed by atoms with E-state index in [4.69, 9.17) is 19.2 Å². The molecular weight excluding hydrogens is 494 g/mol. The molecule has 0 saturated carbocycles. The fraction of sp³-hybridized carbons (Fsp3) is 0.290. The number of rotatable bonds is 9. The summed E-state index contributed by atoms with van der Waals surface area (Å²) in [4.78, 5) is 22.7. The van der Waals surface area contributed by atoms with E-state index >= 15 is 0 Å². The third kappa shape index (κ3) is 5.61. The van der Waals surface area contributed by atoms with Crippen molar-refractivity contribution in [2.75, 3.05) is 32.9 Å². The highest BCUT2D eigenvalue weighted by Gasteiger charge is 2.22. The third-order valence-electron chi connectivity index (χ3n) is 6.82. The van der Waals surface area contributed by atoms with Gasteiger partial charge in [-0.3, -0.25) is 4.90 Å². The standard InChI is InChI=1S/C31H33N3O5/c1-4-34(5-2)19-20-7-11-23(12-8-20)32-29(21-10-14-26-27(18-21)39-16-15-38-26)28-24-13-9-22(31(36)37-6-3)17-25(24)33-30(28)35/h7-14,17-18,33,35H,4-6,15-16,19H2,1-3H3. The van der Waals surface area contributed by atoms with Crippen LogP contribution in [0.3, 0.4) is 0 Å². The molecule has 3 aromatic carbocycles. The zero-order valence-electron chi connectivity index (χ0n) is 22.5. The molecule has 4 aromatic rings. The summed E-state index contributed by atoms with van der Waals surface area (Å²) in [5.41, 5.74) is 4.82. The van der Waals surface area contributed by atoms with Crippen LogP contribution in [0.25, 0.3) is 10.9 Å². The lowest BCUT2D eigenvalue weighted by molar-refractivity contribution is 0.0526. The van der Waals surface area contributed by atoms with Crippen molar-refractivity contribution in [3.8, 4) is 17.4 Å². The van der Waals surface area contributed by atoms with E-state index < -0.39 is 5.97 Å². The van der Waals surface area contributed by atoms with Crippen LogP contribution < -0.4 is 9.47 Å². The first-order valence-electron chi connectivity index (χ1n) is 13.3. The Morgan fingerprint density at radius 2 is 1.67 bits per heavy atom. The molecule has 0 radical (unpaired) electrons. The van der Waals surface area contributed by atoms with Crippen molar-refractivity contribution in [2.24, 2.45) is 4.99 Å². The number of aromatic amines is 1. The van der Waals surface area contributed by atoms with Crippen molar-refractivity contribution >= 4 is 28.3 Å². The van der Waals surface area contributed by atoms with Crippen LogP contribution in [0.15, 0.2) is 65.7 Å². The Labute approximate surface area is 227 Å². The molecular formula is C31H33N3O5. The fourth-order valence-corrected chi connectivity index (χ4v) is 4.73. The predicted octanol–water partition coefficient (Wildman–Crippen LogP) is 5.83. The summed E-state index contributed by atoms with van der Waals surface area (Å²) >= 11 is 0. The Kier molecular flexibility index (Phi) is 7.84. The van der Waals surface area contributed by atoms with Crippen molar-refractivity contribution < 1.29 is 24.1 Å². The average molecular weight is 528 g/mol. The number of carbonyl (C=O) groups is 1. The van der Waals surface area contributed by atoms with E-state index in [1.54, 1.807) is 25.1 Å². The maximum atomic E-state index is 12.3. The molecule has 1 aliphatic heterocycles. The molecule has 0 atom stereocenters. The molecule has 2 heterocycles. The molecule has 1 aromatic heterocycles. The molecule has 8 heteroatoms. The maximum Gasteiger partial charge on any atom is 0.338 e. The molecule has 8 nitrogen and oxygen atoms in total. The Hall–Kier alpha value is -4.30. The van der Waals surface area contributed by atoms with Crippen LogP contribution in [-0.4, -0.2) is 59.6 Å². The Balaban J connectivity index is 1.60. The predicted molar refractivity (Wildman–Crippen MR) is 152 cm³/mol. The second kappa shape index (κ2) is 11.6. The molecule has 0 fully saturated rings. The lowest BCUT2D eigenvalue weighted by Gasteiger charge is -2.19. The van der Waals surface area contributed by atoms with Gasteiger partial charge in [-0.15, -0.1) is 0 Å². The minimum absolute atomic E-state index is 0.0437. The largest absolute Gasteiger partial charge is 0.494 e. The number of hydrogen-bond acceptors (Lipinski definition) is 7. The second-order valence-electron chi connectivity index (χ2n) is 9.28. The van der Waals surface area contributed by atoms with Gasteiger partial charge in [0.25, 0.3) is 0 Å². The number of aromatic hydroxyl groups is 1. The summed E-state index contributed by atoms with van der Waals surface area (Å²) < 4.78 is 16.7. The molecule has 0 saturated heterocycles. The van der Waals surface area contributed by atoms with E-state index in [0.29, 0.717) is 47.1 Å². The highest BCUT2D eigenvalue weighted by molar-refractivity contribution is 6.22. The van der Waals surface area contributed by atoms with Crippen molar-refractivity contribution in [2.45, 2.75) is 27.3 Å². The van der Waals surface area contributed by atoms with Gasteiger partial charge in [-0.05, 0) is 68.0 Å². The van der Waals surface area contributed by atoms with E-state index in [-0.39, 0.29) is 12.5 Å². The summed E-state index contributed by atoms with van der Waals surface area (Å²) in [5.74, 6) is 0.843. The van der Waals surface area contributed by atoms with Crippen molar-refractivity contribution in [1.29, 1.82) is 0 Å². The molecule has 0 amide bonds. The molecule has 39 heavy (non-hydrogen) atoms. The van der Waals surface area contributed by atoms with Crippen LogP contribution in [0.2, 0.25) is 0 Å². The van der Waals surface area contributed by atoms with Crippen molar-refractivity contribution in [3.63, 3.8) is 0 Å². The van der Waals surface area contributed by atoms with Gasteiger partial charge >= 0.3 is 5.97 Å². The zero-order chi connectivity index (χ0) is 27.4. The average Bonchev–Trinajstić information content (AvgIpc) is 3.29. The molecule has 202 valence electrons. The number of benzene rings is 3. The number of ether oxygens (including phenoxy) is 3. The van der Waals surface area contributed by atoms with Crippen LogP contribution in [0.5, 0.6) is 17.4 Å². The van der Waals surface area contributed by atoms with Gasteiger partial charge in [0.1, 0.15) is 13.2 Å². The quantitative estimate of drug-likeness (QED) is 0.210. The highest BCUT2D eigenvalue weighted by atomic mass is 16.6. The number of aliphatic imine (C=N–C) groups is 1. The summed E-state index contributed by atoms with van der Waals surface area (Å²) in [6.07, 6.45) is 0. The lowest BCUT2D eigenvalue weighted by Crippen LogP contribution is -2.21. The highest BCUT2D eigenvalue weighted by Crippen LogP contribution is 2.36. The van der Waals surface area contributed by atoms with Crippen LogP contribution in [0, 0.1) is 0 Å². The van der Waals surface area contributed by atoms with Gasteiger partial charge in [-0.25, -0.2) is 9.79 Å². The smallest absolute Gasteiger partial charge is 0.338 e. The van der Waals surface area contributed by atoms with Crippen molar-refractivity contribution in [3.05, 3.63) is 82.9 Å². The molecule has 0 bridgehead atoms. The SMILES string of the molecule is CCOC(=O)c1ccc2c(C(=Nc3ccc(CN(CC)CC)cc3)c3ccc4c(c3)OCCO4)c(O)[nH]c2c1. The zero-order valence-corrected chi connectivity index (χ0v) is 22.5. The monoisotopic (exact) mass is 527 g/mol. The van der Waals surface area contributed by atoms with Crippen LogP contribution in [0.4, 0.5) is 5.69 Å². The van der Waals surface area contributed by atoms with Crippen LogP contribution in [-0.2, 0) is 11.3 Å². The van der Waals surface area contributed by atoms with Crippen LogP contribution >= 0.6 is 0 Å². The summed E-state index contributed by atoms with van der Waals surface area (Å²) in [5, 5.41) is 11.8. The molecule has 2 N–H and O–H groups in total. The molecule has 1 aliphatic rings. The first-order chi connectivity index (χ1) is 19.0. The number of hydrogen-bond donors (Lipinski definition) is 2. The number of nitrogens with zero attached hydrogens (tertiary/aromatic N) is 2. The van der Waals surface area contributed by atoms with Gasteiger partial charge in [0.15, 0.2) is 17.4 Å². The topological polar surface area (TPSA) is 96.4 Å². The van der Waals surface area contributed by atoms with Gasteiger partial charge in [0, 0.05) is 23.0 Å². The Bertz CT molecular complexity index is 1500. The summed E-state index contributed by atoms with van der Waals surface area (Å²) in [7, 11) is 0. The lowest BCUT2D eigenvalue weighted by atomic mass is 9.99. The van der Waals surface area contributed by atoms with E-state index in [1.807, 2.05) is 30.3 Å². The van der Waals surface area contributed by atoms with Gasteiger partial charge in [0.05, 0.1) is 29.1 Å². The normalized spacial score (nSPS) is 13.2. The number of fused-ring (bicyclic) bond motifs is 2. The summed E-state index contributed by atoms with van der Waals surface area (Å²) in [6, 6.07) is 19.0. The third-order valence-corrected chi connectivity index (χ3v) is 6.82. The minimum Gasteiger partial charge on any atom is -0.494 e. The number of nitrogens with one attached hydrogen (secondary N) is 1. The van der Waals surface area contributed by atoms with Gasteiger partial charge in [-0.2, -0.15) is 0 Å². The molecule has 0 spiro atoms. The first-order valence-corrected chi connectivity index (χ1v) is 13.3. The van der Waals surface area contributed by atoms with E-state index in [9.17, 15) is 9.90 Å². The number of aromatic nitrogens is 1. The fourth-order valence-electron chi connectivity index (χ4n) is 4.73. The van der Waals surface area contributed by atoms with Gasteiger partial charge in [-0.1, -0.05) is 32.0 Å². The van der Waals surface area contributed by atoms with Gasteiger partial charge in [0.2, 0.25) is 0 Å². The molecule has 5 rings (SSSR count). The van der Waals surface area contributed by atoms with Crippen molar-refractivity contribution in [1.82, 2.24) is 9.88 Å². The van der Waals surface area contributed by atoms with Gasteiger partial charge < -0.3 is 24.3 Å². The second-order valence-corrected chi connectivity index (χ2v) is 9.28. The number of esters is 1. The van der Waals surface area contributed by atoms with E-state index in [0.717, 1.165) is 36.3 Å². The summed E-state index contributed by atoms with van der Waals surface area (Å²) in [6.45, 7) is 10.2. The molecule has 0 unspecified atom stereocenters. The maximum absolute atomic E-state index is 12.3. The molecule has 0 aliphatic carbocycles.